The van der Waals surface area contributed by atoms with Gasteiger partial charge < -0.3 is 9.84 Å². The first-order valence-electron chi connectivity index (χ1n) is 12.3. The fourth-order valence-corrected chi connectivity index (χ4v) is 6.03. The average Bonchev–Trinajstić information content (AvgIpc) is 2.86. The van der Waals surface area contributed by atoms with Crippen molar-refractivity contribution in [2.75, 3.05) is 26.7 Å². The predicted octanol–water partition coefficient (Wildman–Crippen LogP) is 6.99. The number of piperidine rings is 1. The Morgan fingerprint density at radius 1 is 1.16 bits per heavy atom. The largest absolute Gasteiger partial charge is 0.497 e. The van der Waals surface area contributed by atoms with E-state index in [9.17, 15) is 9.90 Å². The number of aliphatic carboxylic acids is 1. The van der Waals surface area contributed by atoms with Crippen molar-refractivity contribution in [1.29, 1.82) is 0 Å². The zero-order valence-electron chi connectivity index (χ0n) is 20.6. The molecule has 0 saturated carbocycles. The van der Waals surface area contributed by atoms with E-state index in [2.05, 4.69) is 27.8 Å². The van der Waals surface area contributed by atoms with Crippen LogP contribution in [0.2, 0.25) is 15.1 Å². The summed E-state index contributed by atoms with van der Waals surface area (Å²) < 4.78 is 5.39. The molecule has 4 rings (SSSR count). The molecular weight excluding hydrogens is 531 g/mol. The lowest BCUT2D eigenvalue weighted by atomic mass is 9.80. The number of hydrogen-bond acceptors (Lipinski definition) is 4. The second-order valence-electron chi connectivity index (χ2n) is 9.43. The number of methoxy groups -OCH3 is 1. The Labute approximate surface area is 232 Å². The van der Waals surface area contributed by atoms with Gasteiger partial charge in [-0.2, -0.15) is 0 Å². The van der Waals surface area contributed by atoms with Gasteiger partial charge in [-0.3, -0.25) is 14.7 Å². The summed E-state index contributed by atoms with van der Waals surface area (Å²) in [6, 6.07) is 11.3. The molecule has 1 fully saturated rings. The Morgan fingerprint density at radius 2 is 1.95 bits per heavy atom. The quantitative estimate of drug-likeness (QED) is 0.301. The zero-order valence-corrected chi connectivity index (χ0v) is 22.9. The lowest BCUT2D eigenvalue weighted by Crippen LogP contribution is -2.41. The van der Waals surface area contributed by atoms with Crippen molar-refractivity contribution < 1.29 is 14.6 Å². The van der Waals surface area contributed by atoms with Gasteiger partial charge in [-0.1, -0.05) is 46.6 Å². The van der Waals surface area contributed by atoms with Gasteiger partial charge in [0.2, 0.25) is 0 Å². The lowest BCUT2D eigenvalue weighted by molar-refractivity contribution is -0.139. The number of nitrogens with zero attached hydrogens (tertiary/aromatic N) is 2. The van der Waals surface area contributed by atoms with Crippen molar-refractivity contribution in [2.45, 2.75) is 32.1 Å². The molecule has 2 atom stereocenters. The van der Waals surface area contributed by atoms with E-state index in [0.29, 0.717) is 39.6 Å². The molecule has 5 nitrogen and oxygen atoms in total. The van der Waals surface area contributed by atoms with Crippen LogP contribution in [0.25, 0.3) is 10.9 Å². The molecule has 3 aromatic rings. The van der Waals surface area contributed by atoms with E-state index in [1.54, 1.807) is 19.2 Å². The van der Waals surface area contributed by atoms with Gasteiger partial charge in [0.25, 0.3) is 0 Å². The Hall–Kier alpha value is -2.49. The molecule has 8 heteroatoms. The van der Waals surface area contributed by atoms with Crippen LogP contribution >= 0.6 is 34.8 Å². The van der Waals surface area contributed by atoms with E-state index in [0.717, 1.165) is 48.9 Å². The molecule has 0 spiro atoms. The number of halogens is 3. The van der Waals surface area contributed by atoms with Crippen LogP contribution in [0.4, 0.5) is 0 Å². The third-order valence-corrected chi connectivity index (χ3v) is 7.81. The molecule has 0 aliphatic carbocycles. The van der Waals surface area contributed by atoms with Crippen LogP contribution in [0.1, 0.15) is 36.8 Å². The number of likely N-dealkylation sites (tertiary alicyclic amines) is 1. The number of ether oxygens (including phenoxy) is 1. The van der Waals surface area contributed by atoms with Crippen LogP contribution in [0.5, 0.6) is 5.75 Å². The van der Waals surface area contributed by atoms with Gasteiger partial charge in [-0.15, -0.1) is 0 Å². The Morgan fingerprint density at radius 3 is 2.68 bits per heavy atom. The number of carbonyl (C=O) groups is 1. The first-order chi connectivity index (χ1) is 17.8. The number of rotatable bonds is 8. The van der Waals surface area contributed by atoms with Crippen LogP contribution in [0.3, 0.4) is 0 Å². The number of carboxylic acids is 1. The number of carboxylic acid groups (broad SMARTS) is 1. The molecule has 2 aromatic carbocycles. The van der Waals surface area contributed by atoms with Gasteiger partial charge in [0.05, 0.1) is 34.8 Å². The van der Waals surface area contributed by atoms with Gasteiger partial charge >= 0.3 is 5.97 Å². The molecule has 0 unspecified atom stereocenters. The average molecular weight is 560 g/mol. The molecule has 0 amide bonds. The fraction of sp³-hybridized carbons (Fsp3) is 0.379. The molecule has 2 heterocycles. The van der Waals surface area contributed by atoms with Crippen LogP contribution in [0.15, 0.2) is 42.6 Å². The van der Waals surface area contributed by atoms with Crippen molar-refractivity contribution in [2.24, 2.45) is 11.8 Å². The molecule has 1 saturated heterocycles. The first-order valence-corrected chi connectivity index (χ1v) is 13.5. The normalized spacial score (nSPS) is 17.8. The van der Waals surface area contributed by atoms with Crippen LogP contribution < -0.4 is 4.74 Å². The summed E-state index contributed by atoms with van der Waals surface area (Å²) in [5.41, 5.74) is 2.76. The van der Waals surface area contributed by atoms with Crippen molar-refractivity contribution in [3.63, 3.8) is 0 Å². The molecule has 0 bridgehead atoms. The summed E-state index contributed by atoms with van der Waals surface area (Å²) in [4.78, 5) is 18.3. The number of aryl methyl sites for hydroxylation is 1. The lowest BCUT2D eigenvalue weighted by Gasteiger charge is -2.37. The maximum atomic E-state index is 11.6. The monoisotopic (exact) mass is 558 g/mol. The minimum atomic E-state index is -0.755. The van der Waals surface area contributed by atoms with E-state index >= 15 is 0 Å². The molecule has 1 aliphatic rings. The highest BCUT2D eigenvalue weighted by atomic mass is 35.5. The maximum absolute atomic E-state index is 11.6. The Balaban J connectivity index is 1.37. The molecule has 1 aliphatic heterocycles. The van der Waals surface area contributed by atoms with E-state index in [4.69, 9.17) is 39.5 Å². The van der Waals surface area contributed by atoms with Crippen LogP contribution in [-0.4, -0.2) is 47.7 Å². The highest BCUT2D eigenvalue weighted by Gasteiger charge is 2.30. The van der Waals surface area contributed by atoms with Crippen molar-refractivity contribution in [3.05, 3.63) is 68.8 Å². The minimum absolute atomic E-state index is 0.0880. The van der Waals surface area contributed by atoms with Crippen LogP contribution in [0, 0.1) is 23.7 Å². The predicted molar refractivity (Wildman–Crippen MR) is 150 cm³/mol. The molecule has 194 valence electrons. The molecule has 37 heavy (non-hydrogen) atoms. The number of benzene rings is 2. The summed E-state index contributed by atoms with van der Waals surface area (Å²) in [6.07, 6.45) is 5.86. The molecule has 1 aromatic heterocycles. The Kier molecular flexibility index (Phi) is 9.56. The molecule has 1 N–H and O–H groups in total. The van der Waals surface area contributed by atoms with E-state index in [1.807, 2.05) is 24.4 Å². The Bertz CT molecular complexity index is 1310. The summed E-state index contributed by atoms with van der Waals surface area (Å²) in [6.45, 7) is 2.12. The van der Waals surface area contributed by atoms with Crippen LogP contribution in [-0.2, 0) is 11.2 Å². The van der Waals surface area contributed by atoms with E-state index < -0.39 is 5.97 Å². The van der Waals surface area contributed by atoms with Crippen molar-refractivity contribution in [1.82, 2.24) is 9.88 Å². The third-order valence-electron chi connectivity index (χ3n) is 7.00. The highest BCUT2D eigenvalue weighted by Crippen LogP contribution is 2.32. The minimum Gasteiger partial charge on any atom is -0.497 e. The van der Waals surface area contributed by atoms with E-state index in [1.165, 1.54) is 5.56 Å². The smallest absolute Gasteiger partial charge is 0.303 e. The summed E-state index contributed by atoms with van der Waals surface area (Å²) in [5, 5.41) is 12.0. The molecule has 0 radical (unpaired) electrons. The standard InChI is InChI=1S/C29H29Cl3N2O3/c1-37-23-7-8-28-25(17-23)20(9-11-33-28)5-2-4-19-10-13-34(18-21(19)14-29(35)36)12-3-6-24-26(31)15-22(30)16-27(24)32/h7-9,11,15-17,19,21H,2,4-5,10,12-14,18H2,1H3,(H,35,36)/t19-,21+/m1/s1. The van der Waals surface area contributed by atoms with Crippen molar-refractivity contribution in [3.8, 4) is 17.6 Å². The molecular formula is C29H29Cl3N2O3. The van der Waals surface area contributed by atoms with Gasteiger partial charge in [0, 0.05) is 29.6 Å². The van der Waals surface area contributed by atoms with Crippen molar-refractivity contribution >= 4 is 51.7 Å². The maximum Gasteiger partial charge on any atom is 0.303 e. The summed E-state index contributed by atoms with van der Waals surface area (Å²) >= 11 is 18.4. The zero-order chi connectivity index (χ0) is 26.4. The van der Waals surface area contributed by atoms with Gasteiger partial charge in [0.15, 0.2) is 0 Å². The van der Waals surface area contributed by atoms with Gasteiger partial charge in [-0.05, 0) is 86.0 Å². The van der Waals surface area contributed by atoms with Gasteiger partial charge in [-0.25, -0.2) is 0 Å². The number of pyridine rings is 1. The fourth-order valence-electron chi connectivity index (χ4n) is 5.12. The number of aromatic nitrogens is 1. The first kappa shape index (κ1) is 27.5. The second-order valence-corrected chi connectivity index (χ2v) is 10.7. The summed E-state index contributed by atoms with van der Waals surface area (Å²) in [7, 11) is 1.67. The third kappa shape index (κ3) is 7.30. The second kappa shape index (κ2) is 12.8. The number of fused-ring (bicyclic) bond motifs is 1. The highest BCUT2D eigenvalue weighted by molar-refractivity contribution is 6.39. The number of hydrogen-bond donors (Lipinski definition) is 1. The van der Waals surface area contributed by atoms with E-state index in [-0.39, 0.29) is 12.3 Å². The topological polar surface area (TPSA) is 62.7 Å². The van der Waals surface area contributed by atoms with Gasteiger partial charge in [0.1, 0.15) is 5.75 Å². The summed E-state index contributed by atoms with van der Waals surface area (Å²) in [5.74, 6) is 6.72. The SMILES string of the molecule is COc1ccc2nccc(CCC[C@@H]3CCN(CC#Cc4c(Cl)cc(Cl)cc4Cl)C[C@@H]3CC(=O)O)c2c1.